The lowest BCUT2D eigenvalue weighted by Crippen LogP contribution is -2.36. The van der Waals surface area contributed by atoms with E-state index in [9.17, 15) is 5.26 Å². The minimum atomic E-state index is 0.0391. The molecule has 18 heavy (non-hydrogen) atoms. The minimum Gasteiger partial charge on any atom is -0.198 e. The first kappa shape index (κ1) is 13.9. The highest BCUT2D eigenvalue weighted by Gasteiger charge is 2.42. The van der Waals surface area contributed by atoms with E-state index in [0.29, 0.717) is 0 Å². The van der Waals surface area contributed by atoms with Gasteiger partial charge in [0.05, 0.1) is 11.5 Å². The molecular weight excluding hydrogens is 218 g/mol. The van der Waals surface area contributed by atoms with Crippen molar-refractivity contribution in [1.82, 2.24) is 0 Å². The van der Waals surface area contributed by atoms with Crippen molar-refractivity contribution < 1.29 is 0 Å². The summed E-state index contributed by atoms with van der Waals surface area (Å²) in [6, 6.07) is 2.65. The van der Waals surface area contributed by atoms with Crippen molar-refractivity contribution in [3.63, 3.8) is 0 Å². The topological polar surface area (TPSA) is 23.8 Å². The molecule has 0 aromatic heterocycles. The van der Waals surface area contributed by atoms with Crippen LogP contribution in [-0.4, -0.2) is 0 Å². The lowest BCUT2D eigenvalue weighted by Gasteiger charge is -2.45. The second-order valence-corrected chi connectivity index (χ2v) is 6.83. The third kappa shape index (κ3) is 2.90. The van der Waals surface area contributed by atoms with Gasteiger partial charge in [-0.15, -0.1) is 0 Å². The molecule has 0 N–H and O–H groups in total. The zero-order chi connectivity index (χ0) is 13.0. The summed E-state index contributed by atoms with van der Waals surface area (Å²) in [4.78, 5) is 0. The fraction of sp³-hybridized carbons (Fsp3) is 0.941. The second-order valence-electron chi connectivity index (χ2n) is 6.83. The number of nitrogens with zero attached hydrogens (tertiary/aromatic N) is 1. The lowest BCUT2D eigenvalue weighted by atomic mass is 9.59. The SMILES string of the molecule is CCCC[C@H]1CCC2C[C@](C#N)(CC)CC[C@@H]2C1. The normalized spacial score (nSPS) is 39.9. The van der Waals surface area contributed by atoms with Crippen LogP contribution in [0, 0.1) is 34.5 Å². The van der Waals surface area contributed by atoms with Crippen LogP contribution in [0.25, 0.3) is 0 Å². The Morgan fingerprint density at radius 2 is 2.00 bits per heavy atom. The number of hydrogen-bond acceptors (Lipinski definition) is 1. The highest BCUT2D eigenvalue weighted by Crippen LogP contribution is 2.51. The van der Waals surface area contributed by atoms with E-state index in [1.165, 1.54) is 57.8 Å². The van der Waals surface area contributed by atoms with E-state index in [2.05, 4.69) is 19.9 Å². The van der Waals surface area contributed by atoms with Gasteiger partial charge in [-0.2, -0.15) is 5.26 Å². The molecule has 2 fully saturated rings. The zero-order valence-electron chi connectivity index (χ0n) is 12.3. The van der Waals surface area contributed by atoms with Crippen molar-refractivity contribution in [3.05, 3.63) is 0 Å². The highest BCUT2D eigenvalue weighted by molar-refractivity contribution is 5.03. The number of nitriles is 1. The molecule has 0 bridgehead atoms. The lowest BCUT2D eigenvalue weighted by molar-refractivity contribution is 0.0652. The van der Waals surface area contributed by atoms with Crippen LogP contribution in [0.1, 0.15) is 78.1 Å². The molecule has 0 saturated heterocycles. The van der Waals surface area contributed by atoms with Gasteiger partial charge < -0.3 is 0 Å². The van der Waals surface area contributed by atoms with Crippen LogP contribution < -0.4 is 0 Å². The largest absolute Gasteiger partial charge is 0.198 e. The standard InChI is InChI=1S/C17H29N/c1-3-5-6-14-7-8-16-12-17(4-2,13-18)10-9-15(16)11-14/h14-16H,3-12H2,1-2H3/t14-,15+,16?,17-/m0/s1. The monoisotopic (exact) mass is 247 g/mol. The first-order chi connectivity index (χ1) is 8.73. The van der Waals surface area contributed by atoms with Crippen molar-refractivity contribution >= 4 is 0 Å². The van der Waals surface area contributed by atoms with Crippen molar-refractivity contribution in [1.29, 1.82) is 5.26 Å². The first-order valence-electron chi connectivity index (χ1n) is 8.14. The third-order valence-corrected chi connectivity index (χ3v) is 5.77. The summed E-state index contributed by atoms with van der Waals surface area (Å²) in [5.74, 6) is 2.83. The molecule has 0 aromatic carbocycles. The van der Waals surface area contributed by atoms with E-state index in [0.717, 1.165) is 24.2 Å². The van der Waals surface area contributed by atoms with Gasteiger partial charge in [-0.3, -0.25) is 0 Å². The molecule has 1 unspecified atom stereocenters. The average Bonchev–Trinajstić information content (AvgIpc) is 2.44. The first-order valence-corrected chi connectivity index (χ1v) is 8.14. The molecular formula is C17H29N. The number of fused-ring (bicyclic) bond motifs is 1. The minimum absolute atomic E-state index is 0.0391. The summed E-state index contributed by atoms with van der Waals surface area (Å²) in [6.45, 7) is 4.51. The van der Waals surface area contributed by atoms with E-state index in [4.69, 9.17) is 0 Å². The highest BCUT2D eigenvalue weighted by atomic mass is 14.5. The summed E-state index contributed by atoms with van der Waals surface area (Å²) in [7, 11) is 0. The molecule has 0 aromatic rings. The Morgan fingerprint density at radius 1 is 1.17 bits per heavy atom. The Labute approximate surface area is 113 Å². The van der Waals surface area contributed by atoms with E-state index >= 15 is 0 Å². The summed E-state index contributed by atoms with van der Waals surface area (Å²) in [6.07, 6.45) is 13.3. The fourth-order valence-electron chi connectivity index (χ4n) is 4.37. The summed E-state index contributed by atoms with van der Waals surface area (Å²) < 4.78 is 0. The van der Waals surface area contributed by atoms with Crippen LogP contribution in [0.3, 0.4) is 0 Å². The average molecular weight is 247 g/mol. The van der Waals surface area contributed by atoms with Gasteiger partial charge in [0.15, 0.2) is 0 Å². The molecule has 0 heterocycles. The Morgan fingerprint density at radius 3 is 2.67 bits per heavy atom. The molecule has 4 atom stereocenters. The van der Waals surface area contributed by atoms with Gasteiger partial charge in [-0.05, 0) is 56.3 Å². The van der Waals surface area contributed by atoms with Gasteiger partial charge in [0.1, 0.15) is 0 Å². The summed E-state index contributed by atoms with van der Waals surface area (Å²) >= 11 is 0. The van der Waals surface area contributed by atoms with E-state index in [-0.39, 0.29) is 5.41 Å². The van der Waals surface area contributed by atoms with Crippen LogP contribution in [0.15, 0.2) is 0 Å². The third-order valence-electron chi connectivity index (χ3n) is 5.77. The maximum absolute atomic E-state index is 9.45. The number of unbranched alkanes of at least 4 members (excludes halogenated alkanes) is 1. The van der Waals surface area contributed by atoms with Gasteiger partial charge in [-0.1, -0.05) is 39.5 Å². The Kier molecular flexibility index (Phi) is 4.71. The van der Waals surface area contributed by atoms with Gasteiger partial charge >= 0.3 is 0 Å². The molecule has 0 spiro atoms. The van der Waals surface area contributed by atoms with E-state index < -0.39 is 0 Å². The summed E-state index contributed by atoms with van der Waals surface area (Å²) in [5.41, 5.74) is 0.0391. The molecule has 0 amide bonds. The van der Waals surface area contributed by atoms with Gasteiger partial charge in [-0.25, -0.2) is 0 Å². The molecule has 2 rings (SSSR count). The molecule has 2 aliphatic carbocycles. The van der Waals surface area contributed by atoms with E-state index in [1.807, 2.05) is 0 Å². The maximum atomic E-state index is 9.45. The van der Waals surface area contributed by atoms with Crippen molar-refractivity contribution in [2.75, 3.05) is 0 Å². The smallest absolute Gasteiger partial charge is 0.0689 e. The molecule has 102 valence electrons. The Hall–Kier alpha value is -0.510. The second kappa shape index (κ2) is 6.09. The van der Waals surface area contributed by atoms with Crippen molar-refractivity contribution in [2.45, 2.75) is 78.1 Å². The molecule has 1 nitrogen and oxygen atoms in total. The van der Waals surface area contributed by atoms with Crippen molar-refractivity contribution in [2.24, 2.45) is 23.2 Å². The van der Waals surface area contributed by atoms with E-state index in [1.54, 1.807) is 0 Å². The molecule has 2 aliphatic rings. The van der Waals surface area contributed by atoms with Crippen LogP contribution in [-0.2, 0) is 0 Å². The van der Waals surface area contributed by atoms with Crippen molar-refractivity contribution in [3.8, 4) is 6.07 Å². The quantitative estimate of drug-likeness (QED) is 0.660. The molecule has 0 radical (unpaired) electrons. The fourth-order valence-corrected chi connectivity index (χ4v) is 4.37. The predicted molar refractivity (Wildman–Crippen MR) is 76.0 cm³/mol. The zero-order valence-corrected chi connectivity index (χ0v) is 12.3. The van der Waals surface area contributed by atoms with Crippen LogP contribution in [0.2, 0.25) is 0 Å². The van der Waals surface area contributed by atoms with Gasteiger partial charge in [0, 0.05) is 0 Å². The molecule has 0 aliphatic heterocycles. The molecule has 1 heteroatoms. The Bertz CT molecular complexity index is 303. The van der Waals surface area contributed by atoms with Gasteiger partial charge in [0.2, 0.25) is 0 Å². The van der Waals surface area contributed by atoms with Crippen LogP contribution >= 0.6 is 0 Å². The maximum Gasteiger partial charge on any atom is 0.0689 e. The predicted octanol–water partition coefficient (Wildman–Crippen LogP) is 5.31. The number of hydrogen-bond donors (Lipinski definition) is 0. The summed E-state index contributed by atoms with van der Waals surface area (Å²) in [5, 5.41) is 9.45. The van der Waals surface area contributed by atoms with Crippen LogP contribution in [0.4, 0.5) is 0 Å². The number of rotatable bonds is 4. The van der Waals surface area contributed by atoms with Gasteiger partial charge in [0.25, 0.3) is 0 Å². The molecule has 2 saturated carbocycles. The Balaban J connectivity index is 1.89. The van der Waals surface area contributed by atoms with Crippen LogP contribution in [0.5, 0.6) is 0 Å².